The lowest BCUT2D eigenvalue weighted by atomic mass is 9.83. The lowest BCUT2D eigenvalue weighted by molar-refractivity contribution is -0.138. The van der Waals surface area contributed by atoms with Crippen molar-refractivity contribution in [2.24, 2.45) is 0 Å². The molecule has 3 rings (SSSR count). The third-order valence-corrected chi connectivity index (χ3v) is 4.03. The molecule has 1 fully saturated rings. The van der Waals surface area contributed by atoms with Crippen molar-refractivity contribution in [1.29, 1.82) is 0 Å². The minimum Gasteiger partial charge on any atom is -0.385 e. The van der Waals surface area contributed by atoms with Crippen LogP contribution in [0, 0.1) is 0 Å². The van der Waals surface area contributed by atoms with E-state index < -0.39 is 17.3 Å². The van der Waals surface area contributed by atoms with Gasteiger partial charge in [-0.05, 0) is 13.0 Å². The first-order valence-corrected chi connectivity index (χ1v) is 6.56. The Hall–Kier alpha value is -1.05. The molecule has 2 atom stereocenters. The Balaban J connectivity index is 0.00000161. The molecule has 2 unspecified atom stereocenters. The van der Waals surface area contributed by atoms with Crippen molar-refractivity contribution in [3.8, 4) is 0 Å². The topological polar surface area (TPSA) is 48.4 Å². The highest BCUT2D eigenvalue weighted by Crippen LogP contribution is 2.42. The third kappa shape index (κ3) is 2.82. The summed E-state index contributed by atoms with van der Waals surface area (Å²) in [4.78, 5) is 5.97. The van der Waals surface area contributed by atoms with Gasteiger partial charge in [0.15, 0.2) is 0 Å². The number of hydrogen-bond acceptors (Lipinski definition) is 4. The zero-order chi connectivity index (χ0) is 14.5. The summed E-state index contributed by atoms with van der Waals surface area (Å²) >= 11 is 0. The molecule has 2 N–H and O–H groups in total. The summed E-state index contributed by atoms with van der Waals surface area (Å²) < 4.78 is 38.4. The van der Waals surface area contributed by atoms with Crippen molar-refractivity contribution in [3.05, 3.63) is 23.4 Å². The molecule has 0 bridgehead atoms. The Morgan fingerprint density at radius 1 is 1.48 bits per heavy atom. The average molecular weight is 324 g/mol. The molecule has 1 aromatic rings. The molecule has 21 heavy (non-hydrogen) atoms. The van der Waals surface area contributed by atoms with E-state index in [2.05, 4.69) is 10.3 Å². The van der Waals surface area contributed by atoms with Gasteiger partial charge >= 0.3 is 6.18 Å². The number of aliphatic hydroxyl groups is 1. The molecule has 0 aliphatic carbocycles. The van der Waals surface area contributed by atoms with Gasteiger partial charge in [0.05, 0.1) is 11.2 Å². The van der Waals surface area contributed by atoms with E-state index in [0.29, 0.717) is 25.3 Å². The summed E-state index contributed by atoms with van der Waals surface area (Å²) in [6.45, 7) is 3.71. The molecule has 1 aromatic heterocycles. The monoisotopic (exact) mass is 323 g/mol. The fourth-order valence-electron chi connectivity index (χ4n) is 3.03. The van der Waals surface area contributed by atoms with Crippen molar-refractivity contribution in [1.82, 2.24) is 10.3 Å². The maximum absolute atomic E-state index is 12.8. The first-order chi connectivity index (χ1) is 9.29. The lowest BCUT2D eigenvalue weighted by Gasteiger charge is -2.46. The number of fused-ring (bicyclic) bond motifs is 3. The van der Waals surface area contributed by atoms with E-state index in [-0.39, 0.29) is 24.0 Å². The number of anilines is 1. The Bertz CT molecular complexity index is 536. The summed E-state index contributed by atoms with van der Waals surface area (Å²) in [5.41, 5.74) is -1.83. The van der Waals surface area contributed by atoms with E-state index in [9.17, 15) is 18.3 Å². The molecule has 3 heterocycles. The highest BCUT2D eigenvalue weighted by Gasteiger charge is 2.43. The van der Waals surface area contributed by atoms with Crippen LogP contribution in [0.2, 0.25) is 0 Å². The number of nitrogens with one attached hydrogen (secondary N) is 1. The highest BCUT2D eigenvalue weighted by molar-refractivity contribution is 5.85. The van der Waals surface area contributed by atoms with Crippen LogP contribution in [0.15, 0.2) is 12.3 Å². The lowest BCUT2D eigenvalue weighted by Crippen LogP contribution is -2.57. The molecule has 0 radical (unpaired) electrons. The maximum atomic E-state index is 12.8. The number of aromatic nitrogens is 1. The van der Waals surface area contributed by atoms with Gasteiger partial charge in [-0.15, -0.1) is 12.4 Å². The Kier molecular flexibility index (Phi) is 4.12. The van der Waals surface area contributed by atoms with Crippen molar-refractivity contribution < 1.29 is 18.3 Å². The van der Waals surface area contributed by atoms with Crippen LogP contribution in [0.4, 0.5) is 19.0 Å². The molecule has 8 heteroatoms. The molecule has 118 valence electrons. The molecular formula is C13H17ClF3N3O. The van der Waals surface area contributed by atoms with Gasteiger partial charge in [-0.25, -0.2) is 4.98 Å². The van der Waals surface area contributed by atoms with Gasteiger partial charge in [0.25, 0.3) is 0 Å². The number of hydrogen-bond donors (Lipinski definition) is 2. The summed E-state index contributed by atoms with van der Waals surface area (Å²) in [6.07, 6.45) is -3.20. The quantitative estimate of drug-likeness (QED) is 0.766. The maximum Gasteiger partial charge on any atom is 0.417 e. The van der Waals surface area contributed by atoms with E-state index in [1.54, 1.807) is 6.92 Å². The van der Waals surface area contributed by atoms with Gasteiger partial charge in [-0.1, -0.05) is 0 Å². The smallest absolute Gasteiger partial charge is 0.385 e. The van der Waals surface area contributed by atoms with Gasteiger partial charge in [0, 0.05) is 43.9 Å². The Labute approximate surface area is 126 Å². The minimum absolute atomic E-state index is 0. The van der Waals surface area contributed by atoms with Crippen LogP contribution in [-0.4, -0.2) is 35.8 Å². The third-order valence-electron chi connectivity index (χ3n) is 4.03. The van der Waals surface area contributed by atoms with Crippen LogP contribution in [0.25, 0.3) is 0 Å². The Morgan fingerprint density at radius 2 is 2.19 bits per heavy atom. The van der Waals surface area contributed by atoms with Gasteiger partial charge in [0.1, 0.15) is 5.82 Å². The predicted octanol–water partition coefficient (Wildman–Crippen LogP) is 1.91. The molecule has 0 spiro atoms. The van der Waals surface area contributed by atoms with Gasteiger partial charge in [0.2, 0.25) is 0 Å². The molecule has 0 saturated carbocycles. The second-order valence-electron chi connectivity index (χ2n) is 5.62. The van der Waals surface area contributed by atoms with Gasteiger partial charge in [-0.2, -0.15) is 13.2 Å². The summed E-state index contributed by atoms with van der Waals surface area (Å²) in [6, 6.07) is 1.09. The van der Waals surface area contributed by atoms with Crippen LogP contribution in [0.3, 0.4) is 0 Å². The molecule has 2 aliphatic heterocycles. The number of alkyl halides is 3. The first-order valence-electron chi connectivity index (χ1n) is 6.56. The van der Waals surface area contributed by atoms with E-state index in [4.69, 9.17) is 0 Å². The van der Waals surface area contributed by atoms with Crippen molar-refractivity contribution >= 4 is 18.2 Å². The van der Waals surface area contributed by atoms with Crippen LogP contribution in [-0.2, 0) is 11.8 Å². The van der Waals surface area contributed by atoms with Crippen molar-refractivity contribution in [2.45, 2.75) is 31.2 Å². The second-order valence-corrected chi connectivity index (χ2v) is 5.62. The molecule has 4 nitrogen and oxygen atoms in total. The van der Waals surface area contributed by atoms with Crippen molar-refractivity contribution in [3.63, 3.8) is 0 Å². The number of halogens is 4. The summed E-state index contributed by atoms with van der Waals surface area (Å²) in [5.74, 6) is 0.473. The SMILES string of the molecule is CC1(O)CC2CNCCN2c2ncc(C(F)(F)F)cc21.Cl. The van der Waals surface area contributed by atoms with Crippen LogP contribution in [0.5, 0.6) is 0 Å². The second kappa shape index (κ2) is 5.30. The normalized spacial score (nSPS) is 28.4. The fourth-order valence-corrected chi connectivity index (χ4v) is 3.03. The summed E-state index contributed by atoms with van der Waals surface area (Å²) in [7, 11) is 0. The van der Waals surface area contributed by atoms with Crippen LogP contribution >= 0.6 is 12.4 Å². The molecule has 0 amide bonds. The summed E-state index contributed by atoms with van der Waals surface area (Å²) in [5, 5.41) is 13.7. The van der Waals surface area contributed by atoms with Crippen LogP contribution < -0.4 is 10.2 Å². The number of rotatable bonds is 0. The largest absolute Gasteiger partial charge is 0.417 e. The number of pyridine rings is 1. The van der Waals surface area contributed by atoms with E-state index in [0.717, 1.165) is 18.8 Å². The molecule has 0 aromatic carbocycles. The zero-order valence-corrected chi connectivity index (χ0v) is 12.3. The van der Waals surface area contributed by atoms with E-state index >= 15 is 0 Å². The van der Waals surface area contributed by atoms with E-state index in [1.165, 1.54) is 0 Å². The predicted molar refractivity (Wildman–Crippen MR) is 74.7 cm³/mol. The van der Waals surface area contributed by atoms with Gasteiger partial charge in [-0.3, -0.25) is 0 Å². The minimum atomic E-state index is -4.45. The zero-order valence-electron chi connectivity index (χ0n) is 11.4. The Morgan fingerprint density at radius 3 is 2.86 bits per heavy atom. The molecule has 1 saturated heterocycles. The van der Waals surface area contributed by atoms with Gasteiger partial charge < -0.3 is 15.3 Å². The standard InChI is InChI=1S/C13H16F3N3O.ClH/c1-12(20)5-9-7-17-2-3-19(9)11-10(12)4-8(6-18-11)13(14,15)16;/h4,6,9,17,20H,2-3,5,7H2,1H3;1H. The van der Waals surface area contributed by atoms with Crippen molar-refractivity contribution in [2.75, 3.05) is 24.5 Å². The van der Waals surface area contributed by atoms with E-state index in [1.807, 2.05) is 4.90 Å². The number of piperazine rings is 1. The fraction of sp³-hybridized carbons (Fsp3) is 0.615. The number of nitrogens with zero attached hydrogens (tertiary/aromatic N) is 2. The molecule has 2 aliphatic rings. The average Bonchev–Trinajstić information content (AvgIpc) is 2.37. The first kappa shape index (κ1) is 16.3. The highest BCUT2D eigenvalue weighted by atomic mass is 35.5. The molecular weight excluding hydrogens is 307 g/mol. The van der Waals surface area contributed by atoms with Crippen LogP contribution in [0.1, 0.15) is 24.5 Å².